The van der Waals surface area contributed by atoms with Gasteiger partial charge in [0, 0.05) is 11.8 Å². The lowest BCUT2D eigenvalue weighted by molar-refractivity contribution is 0.106. The highest BCUT2D eigenvalue weighted by atomic mass is 16.3. The molecule has 1 nitrogen and oxygen atoms in total. The summed E-state index contributed by atoms with van der Waals surface area (Å²) in [5.41, 5.74) is 2.38. The molecule has 0 bridgehead atoms. The molecule has 108 valence electrons. The van der Waals surface area contributed by atoms with E-state index in [0.717, 1.165) is 12.8 Å². The SMILES string of the molecule is O[C@@H](C(c1ccccc1)c1ccccc1)[C@@H]1C=CCCC1. The molecule has 0 spiro atoms. The average Bonchev–Trinajstić information content (AvgIpc) is 2.58. The van der Waals surface area contributed by atoms with Crippen LogP contribution in [0.15, 0.2) is 72.8 Å². The first kappa shape index (κ1) is 14.1. The van der Waals surface area contributed by atoms with Gasteiger partial charge in [0.1, 0.15) is 0 Å². The Kier molecular flexibility index (Phi) is 4.52. The lowest BCUT2D eigenvalue weighted by atomic mass is 9.78. The van der Waals surface area contributed by atoms with Gasteiger partial charge in [0.25, 0.3) is 0 Å². The van der Waals surface area contributed by atoms with Crippen molar-refractivity contribution in [2.75, 3.05) is 0 Å². The van der Waals surface area contributed by atoms with Crippen LogP contribution in [-0.2, 0) is 0 Å². The van der Waals surface area contributed by atoms with E-state index in [1.165, 1.54) is 17.5 Å². The molecule has 2 aromatic carbocycles. The molecule has 21 heavy (non-hydrogen) atoms. The van der Waals surface area contributed by atoms with Gasteiger partial charge in [0.05, 0.1) is 6.10 Å². The fraction of sp³-hybridized carbons (Fsp3) is 0.300. The van der Waals surface area contributed by atoms with E-state index in [0.29, 0.717) is 0 Å². The van der Waals surface area contributed by atoms with Gasteiger partial charge in [-0.2, -0.15) is 0 Å². The van der Waals surface area contributed by atoms with Gasteiger partial charge >= 0.3 is 0 Å². The Morgan fingerprint density at radius 2 is 1.43 bits per heavy atom. The van der Waals surface area contributed by atoms with E-state index in [1.54, 1.807) is 0 Å². The number of hydrogen-bond acceptors (Lipinski definition) is 1. The molecule has 0 fully saturated rings. The van der Waals surface area contributed by atoms with Crippen LogP contribution in [0.5, 0.6) is 0 Å². The fourth-order valence-corrected chi connectivity index (χ4v) is 3.28. The first-order valence-electron chi connectivity index (χ1n) is 7.81. The van der Waals surface area contributed by atoms with Crippen molar-refractivity contribution in [2.45, 2.75) is 31.3 Å². The molecule has 1 aliphatic carbocycles. The Morgan fingerprint density at radius 1 is 0.857 bits per heavy atom. The van der Waals surface area contributed by atoms with Gasteiger partial charge in [-0.15, -0.1) is 0 Å². The first-order chi connectivity index (χ1) is 10.4. The van der Waals surface area contributed by atoms with E-state index in [1.807, 2.05) is 12.1 Å². The quantitative estimate of drug-likeness (QED) is 0.814. The Bertz CT molecular complexity index is 534. The molecule has 0 saturated heterocycles. The molecule has 0 unspecified atom stereocenters. The summed E-state index contributed by atoms with van der Waals surface area (Å²) in [5.74, 6) is 0.296. The molecular formula is C20H22O. The Labute approximate surface area is 127 Å². The molecule has 1 N–H and O–H groups in total. The second-order valence-corrected chi connectivity index (χ2v) is 5.81. The maximum Gasteiger partial charge on any atom is 0.0711 e. The van der Waals surface area contributed by atoms with Crippen molar-refractivity contribution in [2.24, 2.45) is 5.92 Å². The minimum atomic E-state index is -0.369. The number of hydrogen-bond donors (Lipinski definition) is 1. The molecule has 3 rings (SSSR count). The van der Waals surface area contributed by atoms with Crippen molar-refractivity contribution >= 4 is 0 Å². The second kappa shape index (κ2) is 6.73. The molecule has 0 amide bonds. The molecule has 0 heterocycles. The maximum atomic E-state index is 11.0. The van der Waals surface area contributed by atoms with Crippen LogP contribution in [0.4, 0.5) is 0 Å². The summed E-state index contributed by atoms with van der Waals surface area (Å²) in [5, 5.41) is 11.0. The summed E-state index contributed by atoms with van der Waals surface area (Å²) in [6, 6.07) is 20.7. The van der Waals surface area contributed by atoms with Crippen LogP contribution >= 0.6 is 0 Å². The van der Waals surface area contributed by atoms with Crippen molar-refractivity contribution < 1.29 is 5.11 Å². The van der Waals surface area contributed by atoms with Crippen LogP contribution in [0.25, 0.3) is 0 Å². The molecule has 2 atom stereocenters. The van der Waals surface area contributed by atoms with Gasteiger partial charge in [-0.1, -0.05) is 72.8 Å². The summed E-state index contributed by atoms with van der Waals surface area (Å²) in [4.78, 5) is 0. The molecule has 2 aromatic rings. The number of rotatable bonds is 4. The van der Waals surface area contributed by atoms with Gasteiger partial charge in [0.15, 0.2) is 0 Å². The van der Waals surface area contributed by atoms with Crippen LogP contribution in [0.2, 0.25) is 0 Å². The van der Waals surface area contributed by atoms with E-state index in [9.17, 15) is 5.11 Å². The first-order valence-corrected chi connectivity index (χ1v) is 7.81. The van der Waals surface area contributed by atoms with E-state index in [2.05, 4.69) is 60.7 Å². The van der Waals surface area contributed by atoms with Crippen molar-refractivity contribution in [3.8, 4) is 0 Å². The second-order valence-electron chi connectivity index (χ2n) is 5.81. The Balaban J connectivity index is 1.96. The average molecular weight is 278 g/mol. The van der Waals surface area contributed by atoms with E-state index >= 15 is 0 Å². The van der Waals surface area contributed by atoms with E-state index < -0.39 is 0 Å². The van der Waals surface area contributed by atoms with E-state index in [4.69, 9.17) is 0 Å². The summed E-state index contributed by atoms with van der Waals surface area (Å²) >= 11 is 0. The van der Waals surface area contributed by atoms with Gasteiger partial charge in [-0.3, -0.25) is 0 Å². The summed E-state index contributed by atoms with van der Waals surface area (Å²) in [6.07, 6.45) is 7.44. The Hall–Kier alpha value is -1.86. The number of allylic oxidation sites excluding steroid dienone is 1. The van der Waals surface area contributed by atoms with Crippen molar-refractivity contribution in [1.82, 2.24) is 0 Å². The van der Waals surface area contributed by atoms with Gasteiger partial charge < -0.3 is 5.11 Å². The smallest absolute Gasteiger partial charge is 0.0711 e. The molecule has 0 saturated carbocycles. The normalized spacial score (nSPS) is 19.6. The topological polar surface area (TPSA) is 20.2 Å². The minimum absolute atomic E-state index is 0.0418. The maximum absolute atomic E-state index is 11.0. The van der Waals surface area contributed by atoms with E-state index in [-0.39, 0.29) is 17.9 Å². The zero-order valence-electron chi connectivity index (χ0n) is 12.2. The molecule has 0 aromatic heterocycles. The van der Waals surface area contributed by atoms with Gasteiger partial charge in [-0.25, -0.2) is 0 Å². The zero-order chi connectivity index (χ0) is 14.5. The van der Waals surface area contributed by atoms with Crippen LogP contribution in [0.1, 0.15) is 36.3 Å². The number of aliphatic hydroxyl groups excluding tert-OH is 1. The monoisotopic (exact) mass is 278 g/mol. The molecular weight excluding hydrogens is 256 g/mol. The minimum Gasteiger partial charge on any atom is -0.392 e. The third-order valence-electron chi connectivity index (χ3n) is 4.39. The fourth-order valence-electron chi connectivity index (χ4n) is 3.28. The highest BCUT2D eigenvalue weighted by Gasteiger charge is 2.29. The summed E-state index contributed by atoms with van der Waals surface area (Å²) < 4.78 is 0. The Morgan fingerprint density at radius 3 is 1.90 bits per heavy atom. The van der Waals surface area contributed by atoms with Crippen molar-refractivity contribution in [3.05, 3.63) is 83.9 Å². The highest BCUT2D eigenvalue weighted by molar-refractivity contribution is 5.34. The van der Waals surface area contributed by atoms with Gasteiger partial charge in [0.2, 0.25) is 0 Å². The summed E-state index contributed by atoms with van der Waals surface area (Å²) in [7, 11) is 0. The lowest BCUT2D eigenvalue weighted by Gasteiger charge is -2.30. The predicted molar refractivity (Wildman–Crippen MR) is 87.2 cm³/mol. The molecule has 1 heteroatoms. The largest absolute Gasteiger partial charge is 0.392 e. The number of aliphatic hydroxyl groups is 1. The highest BCUT2D eigenvalue weighted by Crippen LogP contribution is 2.34. The summed E-state index contributed by atoms with van der Waals surface area (Å²) in [6.45, 7) is 0. The van der Waals surface area contributed by atoms with Crippen LogP contribution in [0, 0.1) is 5.92 Å². The predicted octanol–water partition coefficient (Wildman–Crippen LogP) is 4.54. The lowest BCUT2D eigenvalue weighted by Crippen LogP contribution is -2.28. The van der Waals surface area contributed by atoms with Crippen LogP contribution in [-0.4, -0.2) is 11.2 Å². The molecule has 0 aliphatic heterocycles. The van der Waals surface area contributed by atoms with Crippen LogP contribution in [0.3, 0.4) is 0 Å². The standard InChI is InChI=1S/C20H22O/c21-20(18-14-8-3-9-15-18)19(16-10-4-1-5-11-16)17-12-6-2-7-13-17/h1-2,4-8,10-14,18-21H,3,9,15H2/t18-,20-/m1/s1. The third kappa shape index (κ3) is 3.25. The zero-order valence-corrected chi connectivity index (χ0v) is 12.2. The number of benzene rings is 2. The van der Waals surface area contributed by atoms with Gasteiger partial charge in [-0.05, 0) is 30.4 Å². The van der Waals surface area contributed by atoms with Crippen molar-refractivity contribution in [1.29, 1.82) is 0 Å². The molecule has 1 aliphatic rings. The molecule has 0 radical (unpaired) electrons. The van der Waals surface area contributed by atoms with Crippen LogP contribution < -0.4 is 0 Å². The third-order valence-corrected chi connectivity index (χ3v) is 4.39. The van der Waals surface area contributed by atoms with Crippen molar-refractivity contribution in [3.63, 3.8) is 0 Å².